The zero-order valence-electron chi connectivity index (χ0n) is 15.3. The number of hydrogen-bond acceptors (Lipinski definition) is 5. The Morgan fingerprint density at radius 2 is 1.48 bits per heavy atom. The van der Waals surface area contributed by atoms with Crippen molar-refractivity contribution in [1.29, 1.82) is 0 Å². The molecule has 0 spiro atoms. The second kappa shape index (κ2) is 8.74. The molecule has 2 N–H and O–H groups in total. The Morgan fingerprint density at radius 1 is 0.920 bits per heavy atom. The molecule has 136 valence electrons. The summed E-state index contributed by atoms with van der Waals surface area (Å²) in [7, 11) is 3.27. The number of hydrogen-bond donors (Lipinski definition) is 1. The molecule has 0 aliphatic heterocycles. The standard InChI is InChI=1S/C20H27NO4/c1-5-24-17-8-6-15(7-9-17)20(2,19(14-21)23-4)25-18-12-10-16(22-3)11-13-18/h6-13,19H,5,14,21H2,1-4H3. The molecule has 0 bridgehead atoms. The van der Waals surface area contributed by atoms with Crippen LogP contribution in [0.5, 0.6) is 17.2 Å². The van der Waals surface area contributed by atoms with Gasteiger partial charge in [-0.1, -0.05) is 12.1 Å². The van der Waals surface area contributed by atoms with Gasteiger partial charge in [0.05, 0.1) is 13.7 Å². The monoisotopic (exact) mass is 345 g/mol. The van der Waals surface area contributed by atoms with Crippen molar-refractivity contribution < 1.29 is 18.9 Å². The molecule has 2 aromatic rings. The van der Waals surface area contributed by atoms with E-state index >= 15 is 0 Å². The molecule has 0 aromatic heterocycles. The van der Waals surface area contributed by atoms with Crippen molar-refractivity contribution in [3.05, 3.63) is 54.1 Å². The van der Waals surface area contributed by atoms with Gasteiger partial charge >= 0.3 is 0 Å². The summed E-state index contributed by atoms with van der Waals surface area (Å²) in [5.74, 6) is 2.31. The highest BCUT2D eigenvalue weighted by molar-refractivity contribution is 5.35. The zero-order chi connectivity index (χ0) is 18.3. The van der Waals surface area contributed by atoms with E-state index in [-0.39, 0.29) is 6.10 Å². The average Bonchev–Trinajstić information content (AvgIpc) is 2.64. The highest BCUT2D eigenvalue weighted by Crippen LogP contribution is 2.34. The van der Waals surface area contributed by atoms with Crippen LogP contribution in [0, 0.1) is 0 Å². The van der Waals surface area contributed by atoms with Crippen molar-refractivity contribution in [2.24, 2.45) is 5.73 Å². The van der Waals surface area contributed by atoms with Crippen molar-refractivity contribution in [3.63, 3.8) is 0 Å². The summed E-state index contributed by atoms with van der Waals surface area (Å²) in [4.78, 5) is 0. The molecule has 0 heterocycles. The third kappa shape index (κ3) is 4.44. The van der Waals surface area contributed by atoms with Crippen LogP contribution in [-0.4, -0.2) is 33.5 Å². The Kier molecular flexibility index (Phi) is 6.67. The smallest absolute Gasteiger partial charge is 0.158 e. The van der Waals surface area contributed by atoms with Crippen LogP contribution >= 0.6 is 0 Å². The van der Waals surface area contributed by atoms with Gasteiger partial charge in [-0.15, -0.1) is 0 Å². The summed E-state index contributed by atoms with van der Waals surface area (Å²) in [6, 6.07) is 15.3. The van der Waals surface area contributed by atoms with Crippen molar-refractivity contribution in [2.45, 2.75) is 25.6 Å². The first-order chi connectivity index (χ1) is 12.1. The van der Waals surface area contributed by atoms with E-state index in [2.05, 4.69) is 0 Å². The van der Waals surface area contributed by atoms with E-state index in [1.54, 1.807) is 14.2 Å². The fraction of sp³-hybridized carbons (Fsp3) is 0.400. The number of methoxy groups -OCH3 is 2. The fourth-order valence-corrected chi connectivity index (χ4v) is 2.79. The molecule has 0 aliphatic carbocycles. The predicted octanol–water partition coefficient (Wildman–Crippen LogP) is 3.36. The SMILES string of the molecule is CCOc1ccc(C(C)(Oc2ccc(OC)cc2)C(CN)OC)cc1. The van der Waals surface area contributed by atoms with Gasteiger partial charge in [-0.3, -0.25) is 0 Å². The lowest BCUT2D eigenvalue weighted by atomic mass is 9.89. The van der Waals surface area contributed by atoms with E-state index in [9.17, 15) is 0 Å². The topological polar surface area (TPSA) is 62.9 Å². The van der Waals surface area contributed by atoms with Gasteiger partial charge in [-0.25, -0.2) is 0 Å². The minimum atomic E-state index is -0.747. The maximum atomic E-state index is 6.33. The van der Waals surface area contributed by atoms with E-state index in [1.807, 2.05) is 62.4 Å². The molecule has 25 heavy (non-hydrogen) atoms. The van der Waals surface area contributed by atoms with Crippen LogP contribution in [0.4, 0.5) is 0 Å². The van der Waals surface area contributed by atoms with Gasteiger partial charge in [0.2, 0.25) is 0 Å². The maximum absolute atomic E-state index is 6.33. The summed E-state index contributed by atoms with van der Waals surface area (Å²) in [6.45, 7) is 4.90. The maximum Gasteiger partial charge on any atom is 0.158 e. The number of nitrogens with two attached hydrogens (primary N) is 1. The zero-order valence-corrected chi connectivity index (χ0v) is 15.3. The first-order valence-corrected chi connectivity index (χ1v) is 8.36. The first-order valence-electron chi connectivity index (χ1n) is 8.36. The summed E-state index contributed by atoms with van der Waals surface area (Å²) in [5, 5.41) is 0. The van der Waals surface area contributed by atoms with Crippen LogP contribution < -0.4 is 19.9 Å². The van der Waals surface area contributed by atoms with E-state index in [4.69, 9.17) is 24.7 Å². The lowest BCUT2D eigenvalue weighted by Gasteiger charge is -2.37. The molecular weight excluding hydrogens is 318 g/mol. The second-order valence-corrected chi connectivity index (χ2v) is 5.80. The molecule has 0 amide bonds. The summed E-state index contributed by atoms with van der Waals surface area (Å²) < 4.78 is 22.7. The van der Waals surface area contributed by atoms with E-state index in [0.29, 0.717) is 18.9 Å². The molecule has 0 saturated heterocycles. The molecular formula is C20H27NO4. The number of benzene rings is 2. The molecule has 0 saturated carbocycles. The first kappa shape index (κ1) is 19.1. The minimum absolute atomic E-state index is 0.312. The van der Waals surface area contributed by atoms with Crippen LogP contribution in [0.3, 0.4) is 0 Å². The normalized spacial score (nSPS) is 14.4. The summed E-state index contributed by atoms with van der Waals surface area (Å²) in [5.41, 5.74) is 6.15. The minimum Gasteiger partial charge on any atom is -0.497 e. The second-order valence-electron chi connectivity index (χ2n) is 5.80. The highest BCUT2D eigenvalue weighted by Gasteiger charge is 2.38. The van der Waals surface area contributed by atoms with Crippen LogP contribution in [-0.2, 0) is 10.3 Å². The van der Waals surface area contributed by atoms with Gasteiger partial charge in [-0.05, 0) is 55.8 Å². The van der Waals surface area contributed by atoms with E-state index in [0.717, 1.165) is 17.1 Å². The Hall–Kier alpha value is -2.24. The average molecular weight is 345 g/mol. The van der Waals surface area contributed by atoms with Gasteiger partial charge in [0.25, 0.3) is 0 Å². The highest BCUT2D eigenvalue weighted by atomic mass is 16.5. The molecule has 2 unspecified atom stereocenters. The molecule has 2 atom stereocenters. The van der Waals surface area contributed by atoms with Crippen LogP contribution in [0.25, 0.3) is 0 Å². The predicted molar refractivity (Wildman–Crippen MR) is 98.4 cm³/mol. The Bertz CT molecular complexity index is 638. The van der Waals surface area contributed by atoms with Gasteiger partial charge in [0, 0.05) is 13.7 Å². The lowest BCUT2D eigenvalue weighted by Crippen LogP contribution is -2.47. The number of ether oxygens (including phenoxy) is 4. The van der Waals surface area contributed by atoms with E-state index in [1.165, 1.54) is 0 Å². The Labute approximate surface area is 149 Å². The van der Waals surface area contributed by atoms with Crippen LogP contribution in [0.1, 0.15) is 19.4 Å². The lowest BCUT2D eigenvalue weighted by molar-refractivity contribution is -0.0637. The van der Waals surface area contributed by atoms with Crippen molar-refractivity contribution in [3.8, 4) is 17.2 Å². The third-order valence-electron chi connectivity index (χ3n) is 4.24. The summed E-state index contributed by atoms with van der Waals surface area (Å²) >= 11 is 0. The van der Waals surface area contributed by atoms with Crippen molar-refractivity contribution in [1.82, 2.24) is 0 Å². The molecule has 0 aliphatic rings. The van der Waals surface area contributed by atoms with Crippen molar-refractivity contribution in [2.75, 3.05) is 27.4 Å². The van der Waals surface area contributed by atoms with Gasteiger partial charge in [0.1, 0.15) is 23.4 Å². The van der Waals surface area contributed by atoms with E-state index < -0.39 is 5.60 Å². The van der Waals surface area contributed by atoms with Gasteiger partial charge in [0.15, 0.2) is 5.60 Å². The fourth-order valence-electron chi connectivity index (χ4n) is 2.79. The van der Waals surface area contributed by atoms with Crippen LogP contribution in [0.2, 0.25) is 0 Å². The molecule has 0 fully saturated rings. The Morgan fingerprint density at radius 3 is 1.96 bits per heavy atom. The van der Waals surface area contributed by atoms with Gasteiger partial charge in [-0.2, -0.15) is 0 Å². The van der Waals surface area contributed by atoms with Crippen molar-refractivity contribution >= 4 is 0 Å². The summed E-state index contributed by atoms with van der Waals surface area (Å²) in [6.07, 6.45) is -0.312. The molecule has 0 radical (unpaired) electrons. The molecule has 2 rings (SSSR count). The van der Waals surface area contributed by atoms with Crippen LogP contribution in [0.15, 0.2) is 48.5 Å². The van der Waals surface area contributed by atoms with Gasteiger partial charge < -0.3 is 24.7 Å². The number of rotatable bonds is 9. The molecule has 2 aromatic carbocycles. The third-order valence-corrected chi connectivity index (χ3v) is 4.24. The Balaban J connectivity index is 2.35. The molecule has 5 heteroatoms. The largest absolute Gasteiger partial charge is 0.497 e. The molecule has 5 nitrogen and oxygen atoms in total. The quantitative estimate of drug-likeness (QED) is 0.755.